The predicted molar refractivity (Wildman–Crippen MR) is 118 cm³/mol. The maximum Gasteiger partial charge on any atom is 0.256 e. The van der Waals surface area contributed by atoms with Crippen LogP contribution >= 0.6 is 22.6 Å². The Kier molecular flexibility index (Phi) is 6.21. The molecule has 0 bridgehead atoms. The second kappa shape index (κ2) is 8.91. The number of anilines is 3. The van der Waals surface area contributed by atoms with Crippen molar-refractivity contribution in [2.24, 2.45) is 5.90 Å². The number of likely N-dealkylation sites (tertiary alicyclic amines) is 1. The zero-order valence-corrected chi connectivity index (χ0v) is 18.5. The van der Waals surface area contributed by atoms with Gasteiger partial charge in [-0.1, -0.05) is 0 Å². The number of nitrogens with two attached hydrogens (primary N) is 1. The molecule has 0 spiro atoms. The molecule has 2 aromatic carbocycles. The molecule has 2 heterocycles. The molecule has 0 atom stereocenters. The minimum Gasteiger partial charge on any atom is -0.351 e. The van der Waals surface area contributed by atoms with E-state index in [-0.39, 0.29) is 30.9 Å². The third-order valence-corrected chi connectivity index (χ3v) is 5.68. The highest BCUT2D eigenvalue weighted by Gasteiger charge is 2.47. The molecule has 13 heteroatoms. The average Bonchev–Trinajstić information content (AvgIpc) is 3.26. The molecule has 0 radical (unpaired) electrons. The van der Waals surface area contributed by atoms with Crippen molar-refractivity contribution in [3.8, 4) is 0 Å². The van der Waals surface area contributed by atoms with E-state index in [0.717, 1.165) is 12.1 Å². The van der Waals surface area contributed by atoms with Crippen molar-refractivity contribution in [3.05, 3.63) is 63.2 Å². The highest BCUT2D eigenvalue weighted by molar-refractivity contribution is 14.1. The highest BCUT2D eigenvalue weighted by Crippen LogP contribution is 2.32. The summed E-state index contributed by atoms with van der Waals surface area (Å²) in [5.41, 5.74) is -1.61. The van der Waals surface area contributed by atoms with Gasteiger partial charge in [0.1, 0.15) is 17.7 Å². The van der Waals surface area contributed by atoms with Crippen molar-refractivity contribution in [1.82, 2.24) is 20.1 Å². The second-order valence-electron chi connectivity index (χ2n) is 7.18. The number of nitrogens with zero attached hydrogens (tertiary/aromatic N) is 3. The lowest BCUT2D eigenvalue weighted by Crippen LogP contribution is -2.68. The molecule has 168 valence electrons. The third kappa shape index (κ3) is 4.35. The van der Waals surface area contributed by atoms with E-state index in [0.29, 0.717) is 9.52 Å². The van der Waals surface area contributed by atoms with E-state index in [1.54, 1.807) is 6.07 Å². The molecule has 1 saturated heterocycles. The van der Waals surface area contributed by atoms with Crippen molar-refractivity contribution in [3.63, 3.8) is 0 Å². The summed E-state index contributed by atoms with van der Waals surface area (Å²) in [7, 11) is 0. The van der Waals surface area contributed by atoms with Gasteiger partial charge in [0, 0.05) is 3.57 Å². The maximum absolute atomic E-state index is 14.6. The summed E-state index contributed by atoms with van der Waals surface area (Å²) in [5.74, 6) is 2.10. The first kappa shape index (κ1) is 22.3. The van der Waals surface area contributed by atoms with Gasteiger partial charge < -0.3 is 15.5 Å². The number of hydrogen-bond acceptors (Lipinski definition) is 7. The maximum atomic E-state index is 14.6. The smallest absolute Gasteiger partial charge is 0.256 e. The van der Waals surface area contributed by atoms with Crippen LogP contribution in [0.4, 0.5) is 30.5 Å². The molecule has 1 aliphatic rings. The molecule has 32 heavy (non-hydrogen) atoms. The average molecular weight is 559 g/mol. The SMILES string of the molecule is NOC1(CNc2ncn[nH]2)CN(C(=O)c2ccc(F)c(F)c2Nc2ccc(I)cc2F)C1. The van der Waals surface area contributed by atoms with Crippen LogP contribution in [0.2, 0.25) is 0 Å². The molecule has 0 unspecified atom stereocenters. The van der Waals surface area contributed by atoms with Gasteiger partial charge in [-0.3, -0.25) is 9.63 Å². The molecule has 0 aliphatic carbocycles. The van der Waals surface area contributed by atoms with Gasteiger partial charge in [-0.15, -0.1) is 0 Å². The van der Waals surface area contributed by atoms with Gasteiger partial charge in [-0.2, -0.15) is 5.10 Å². The van der Waals surface area contributed by atoms with E-state index < -0.39 is 34.6 Å². The topological polar surface area (TPSA) is 121 Å². The second-order valence-corrected chi connectivity index (χ2v) is 8.43. The molecule has 0 saturated carbocycles. The summed E-state index contributed by atoms with van der Waals surface area (Å²) < 4.78 is 43.4. The van der Waals surface area contributed by atoms with E-state index in [2.05, 4.69) is 25.8 Å². The number of carbonyl (C=O) groups excluding carboxylic acids is 1. The van der Waals surface area contributed by atoms with E-state index in [9.17, 15) is 18.0 Å². The van der Waals surface area contributed by atoms with Gasteiger partial charge in [0.05, 0.1) is 36.6 Å². The van der Waals surface area contributed by atoms with Gasteiger partial charge >= 0.3 is 0 Å². The fraction of sp³-hybridized carbons (Fsp3) is 0.211. The number of halogens is 4. The first-order valence-corrected chi connectivity index (χ1v) is 10.4. The number of benzene rings is 2. The number of aromatic nitrogens is 3. The van der Waals surface area contributed by atoms with Crippen LogP contribution in [0.5, 0.6) is 0 Å². The zero-order chi connectivity index (χ0) is 22.9. The number of H-pyrrole nitrogens is 1. The highest BCUT2D eigenvalue weighted by atomic mass is 127. The quantitative estimate of drug-likeness (QED) is 0.260. The van der Waals surface area contributed by atoms with Crippen LogP contribution < -0.4 is 16.5 Å². The van der Waals surface area contributed by atoms with Gasteiger partial charge in [-0.25, -0.2) is 29.2 Å². The summed E-state index contributed by atoms with van der Waals surface area (Å²) in [6.45, 7) is 0.388. The van der Waals surface area contributed by atoms with Crippen LogP contribution in [-0.2, 0) is 4.84 Å². The normalized spacial score (nSPS) is 14.7. The molecule has 5 N–H and O–H groups in total. The molecule has 1 fully saturated rings. The fourth-order valence-electron chi connectivity index (χ4n) is 3.30. The molecular formula is C19H17F3IN7O2. The fourth-order valence-corrected chi connectivity index (χ4v) is 3.76. The van der Waals surface area contributed by atoms with Crippen LogP contribution in [0, 0.1) is 21.0 Å². The Labute approximate surface area is 193 Å². The molecule has 3 aromatic rings. The molecule has 4 rings (SSSR count). The van der Waals surface area contributed by atoms with Crippen LogP contribution in [0.15, 0.2) is 36.7 Å². The Bertz CT molecular complexity index is 1140. The number of hydrogen-bond donors (Lipinski definition) is 4. The van der Waals surface area contributed by atoms with Gasteiger partial charge in [-0.05, 0) is 52.9 Å². The van der Waals surface area contributed by atoms with Crippen LogP contribution in [0.3, 0.4) is 0 Å². The van der Waals surface area contributed by atoms with E-state index in [1.165, 1.54) is 23.4 Å². The monoisotopic (exact) mass is 559 g/mol. The van der Waals surface area contributed by atoms with Crippen LogP contribution in [0.1, 0.15) is 10.4 Å². The molecule has 9 nitrogen and oxygen atoms in total. The number of carbonyl (C=O) groups is 1. The Morgan fingerprint density at radius 2 is 2.03 bits per heavy atom. The van der Waals surface area contributed by atoms with Crippen molar-refractivity contribution >= 4 is 45.8 Å². The van der Waals surface area contributed by atoms with Crippen LogP contribution in [-0.4, -0.2) is 51.2 Å². The first-order valence-electron chi connectivity index (χ1n) is 9.28. The molecule has 1 aromatic heterocycles. The molecule has 1 aliphatic heterocycles. The minimum absolute atomic E-state index is 0.0831. The van der Waals surface area contributed by atoms with Crippen molar-refractivity contribution < 1.29 is 22.8 Å². The standard InChI is InChI=1S/C19H17F3IN7O2/c20-12-3-2-11(16(15(12)22)28-14-4-1-10(23)5-13(14)21)17(31)30-7-19(8-30,32-24)6-25-18-26-9-27-29-18/h1-5,9,28H,6-8,24H2,(H2,25,26,27,29). The summed E-state index contributed by atoms with van der Waals surface area (Å²) in [6.07, 6.45) is 1.32. The number of aromatic amines is 1. The number of amides is 1. The largest absolute Gasteiger partial charge is 0.351 e. The summed E-state index contributed by atoms with van der Waals surface area (Å²) in [4.78, 5) is 23.4. The molecular weight excluding hydrogens is 542 g/mol. The summed E-state index contributed by atoms with van der Waals surface area (Å²) in [6, 6.07) is 6.18. The Morgan fingerprint density at radius 3 is 2.69 bits per heavy atom. The molecule has 1 amide bonds. The Morgan fingerprint density at radius 1 is 1.25 bits per heavy atom. The summed E-state index contributed by atoms with van der Waals surface area (Å²) >= 11 is 1.92. The van der Waals surface area contributed by atoms with Crippen LogP contribution in [0.25, 0.3) is 0 Å². The van der Waals surface area contributed by atoms with Gasteiger partial charge in [0.2, 0.25) is 5.95 Å². The van der Waals surface area contributed by atoms with Gasteiger partial charge in [0.25, 0.3) is 5.91 Å². The zero-order valence-electron chi connectivity index (χ0n) is 16.3. The third-order valence-electron chi connectivity index (χ3n) is 5.00. The Balaban J connectivity index is 1.53. The lowest BCUT2D eigenvalue weighted by Gasteiger charge is -2.48. The number of nitrogens with one attached hydrogen (secondary N) is 3. The Hall–Kier alpha value is -2.91. The van der Waals surface area contributed by atoms with E-state index in [1.807, 2.05) is 22.6 Å². The van der Waals surface area contributed by atoms with Gasteiger partial charge in [0.15, 0.2) is 11.6 Å². The summed E-state index contributed by atoms with van der Waals surface area (Å²) in [5, 5.41) is 11.8. The first-order chi connectivity index (χ1) is 15.3. The van der Waals surface area contributed by atoms with Crippen molar-refractivity contribution in [2.75, 3.05) is 30.3 Å². The number of rotatable bonds is 7. The van der Waals surface area contributed by atoms with E-state index in [4.69, 9.17) is 10.7 Å². The minimum atomic E-state index is -1.29. The van der Waals surface area contributed by atoms with Crippen molar-refractivity contribution in [2.45, 2.75) is 5.60 Å². The van der Waals surface area contributed by atoms with E-state index >= 15 is 0 Å². The predicted octanol–water partition coefficient (Wildman–Crippen LogP) is 2.77. The lowest BCUT2D eigenvalue weighted by atomic mass is 9.92. The lowest BCUT2D eigenvalue weighted by molar-refractivity contribution is -0.123. The van der Waals surface area contributed by atoms with Crippen molar-refractivity contribution in [1.29, 1.82) is 0 Å².